The molecule has 1 fully saturated rings. The van der Waals surface area contributed by atoms with Gasteiger partial charge in [0.2, 0.25) is 5.91 Å². The molecular formula is C20H21ClN4O4S. The van der Waals surface area contributed by atoms with Crippen LogP contribution in [-0.2, 0) is 14.8 Å². The smallest absolute Gasteiger partial charge is 0.271 e. The van der Waals surface area contributed by atoms with Crippen LogP contribution in [-0.4, -0.2) is 43.9 Å². The lowest BCUT2D eigenvalue weighted by Gasteiger charge is -2.26. The number of piperidine rings is 1. The second-order valence-corrected chi connectivity index (χ2v) is 8.83. The molecule has 0 unspecified atom stereocenters. The van der Waals surface area contributed by atoms with Crippen LogP contribution in [0.3, 0.4) is 0 Å². The van der Waals surface area contributed by atoms with Crippen molar-refractivity contribution in [3.05, 3.63) is 59.1 Å². The van der Waals surface area contributed by atoms with Crippen LogP contribution in [0.2, 0.25) is 5.02 Å². The average Bonchev–Trinajstić information content (AvgIpc) is 2.74. The van der Waals surface area contributed by atoms with Gasteiger partial charge < -0.3 is 4.90 Å². The number of carbonyl (C=O) groups excluding carboxylic acids is 2. The summed E-state index contributed by atoms with van der Waals surface area (Å²) >= 11 is 6.01. The molecule has 2 aromatic rings. The molecule has 0 atom stereocenters. The summed E-state index contributed by atoms with van der Waals surface area (Å²) in [5, 5.41) is 4.39. The van der Waals surface area contributed by atoms with Crippen LogP contribution in [0.4, 0.5) is 5.69 Å². The van der Waals surface area contributed by atoms with Gasteiger partial charge >= 0.3 is 0 Å². The summed E-state index contributed by atoms with van der Waals surface area (Å²) in [4.78, 5) is 25.4. The van der Waals surface area contributed by atoms with Crippen molar-refractivity contribution in [3.63, 3.8) is 0 Å². The lowest BCUT2D eigenvalue weighted by atomic mass is 10.1. The lowest BCUT2D eigenvalue weighted by molar-refractivity contribution is -0.128. The van der Waals surface area contributed by atoms with Crippen molar-refractivity contribution < 1.29 is 18.0 Å². The van der Waals surface area contributed by atoms with Crippen molar-refractivity contribution in [2.75, 3.05) is 17.8 Å². The number of hydrazone groups is 1. The number of anilines is 1. The number of nitrogens with one attached hydrogen (secondary N) is 2. The first kappa shape index (κ1) is 21.8. The minimum atomic E-state index is -3.93. The Kier molecular flexibility index (Phi) is 6.73. The molecule has 0 spiro atoms. The van der Waals surface area contributed by atoms with Gasteiger partial charge in [0, 0.05) is 44.1 Å². The molecule has 1 aliphatic heterocycles. The van der Waals surface area contributed by atoms with Crippen LogP contribution in [0.15, 0.2) is 58.5 Å². The number of halogens is 1. The van der Waals surface area contributed by atoms with E-state index in [2.05, 4.69) is 15.2 Å². The van der Waals surface area contributed by atoms with E-state index >= 15 is 0 Å². The van der Waals surface area contributed by atoms with Gasteiger partial charge in [-0.3, -0.25) is 14.3 Å². The van der Waals surface area contributed by atoms with E-state index in [1.165, 1.54) is 31.2 Å². The number of hydrogen-bond acceptors (Lipinski definition) is 5. The number of hydrogen-bond donors (Lipinski definition) is 2. The second-order valence-electron chi connectivity index (χ2n) is 6.74. The summed E-state index contributed by atoms with van der Waals surface area (Å²) in [5.41, 5.74) is 3.64. The molecule has 2 N–H and O–H groups in total. The third kappa shape index (κ3) is 5.37. The molecule has 0 aromatic heterocycles. The number of sulfonamides is 1. The van der Waals surface area contributed by atoms with Crippen molar-refractivity contribution in [2.45, 2.75) is 24.7 Å². The Bertz CT molecular complexity index is 1090. The van der Waals surface area contributed by atoms with E-state index in [0.29, 0.717) is 25.9 Å². The maximum Gasteiger partial charge on any atom is 0.271 e. The number of likely N-dealkylation sites (tertiary alicyclic amines) is 1. The Morgan fingerprint density at radius 3 is 2.43 bits per heavy atom. The van der Waals surface area contributed by atoms with E-state index in [1.807, 2.05) is 0 Å². The highest BCUT2D eigenvalue weighted by molar-refractivity contribution is 7.92. The van der Waals surface area contributed by atoms with Gasteiger partial charge in [0.25, 0.3) is 15.9 Å². The van der Waals surface area contributed by atoms with Crippen molar-refractivity contribution in [1.82, 2.24) is 10.3 Å². The predicted molar refractivity (Wildman–Crippen MR) is 115 cm³/mol. The summed E-state index contributed by atoms with van der Waals surface area (Å²) < 4.78 is 27.7. The Balaban J connectivity index is 1.69. The summed E-state index contributed by atoms with van der Waals surface area (Å²) in [6.07, 6.45) is 1.16. The zero-order valence-electron chi connectivity index (χ0n) is 16.3. The van der Waals surface area contributed by atoms with Gasteiger partial charge in [0.15, 0.2) is 0 Å². The van der Waals surface area contributed by atoms with Crippen LogP contribution >= 0.6 is 11.6 Å². The third-order valence-electron chi connectivity index (χ3n) is 4.63. The average molecular weight is 449 g/mol. The number of benzene rings is 2. The van der Waals surface area contributed by atoms with Gasteiger partial charge in [0.05, 0.1) is 15.6 Å². The molecule has 0 saturated carbocycles. The molecule has 1 heterocycles. The molecule has 2 amide bonds. The number of nitrogens with zero attached hydrogens (tertiary/aromatic N) is 2. The number of para-hydroxylation sites is 1. The summed E-state index contributed by atoms with van der Waals surface area (Å²) in [5.74, 6) is -0.507. The second kappa shape index (κ2) is 9.27. The maximum atomic E-state index is 12.7. The van der Waals surface area contributed by atoms with Crippen molar-refractivity contribution in [2.24, 2.45) is 5.10 Å². The highest BCUT2D eigenvalue weighted by Gasteiger charge is 2.19. The van der Waals surface area contributed by atoms with E-state index in [0.717, 1.165) is 5.71 Å². The van der Waals surface area contributed by atoms with E-state index in [9.17, 15) is 18.0 Å². The number of amides is 2. The fourth-order valence-electron chi connectivity index (χ4n) is 2.94. The quantitative estimate of drug-likeness (QED) is 0.685. The molecule has 1 aliphatic rings. The van der Waals surface area contributed by atoms with Crippen molar-refractivity contribution in [1.29, 1.82) is 0 Å². The summed E-state index contributed by atoms with van der Waals surface area (Å²) in [6, 6.07) is 12.1. The Hall–Kier alpha value is -2.91. The van der Waals surface area contributed by atoms with Crippen LogP contribution in [0.5, 0.6) is 0 Å². The Morgan fingerprint density at radius 2 is 1.77 bits per heavy atom. The first-order valence-electron chi connectivity index (χ1n) is 9.25. The molecular weight excluding hydrogens is 428 g/mol. The first-order chi connectivity index (χ1) is 14.3. The standard InChI is InChI=1S/C20H21ClN4O4S/c1-14(26)25-11-9-16(10-12-25)22-23-20(27)15-5-4-6-17(13-15)30(28,29)24-19-8-3-2-7-18(19)21/h2-8,13,24H,9-12H2,1H3,(H,23,27). The highest BCUT2D eigenvalue weighted by atomic mass is 35.5. The van der Waals surface area contributed by atoms with E-state index in [-0.39, 0.29) is 27.1 Å². The zero-order valence-corrected chi connectivity index (χ0v) is 17.8. The maximum absolute atomic E-state index is 12.7. The molecule has 10 heteroatoms. The van der Waals surface area contributed by atoms with Crippen LogP contribution < -0.4 is 10.1 Å². The van der Waals surface area contributed by atoms with Gasteiger partial charge in [-0.1, -0.05) is 29.8 Å². The van der Waals surface area contributed by atoms with Crippen LogP contribution in [0.25, 0.3) is 0 Å². The van der Waals surface area contributed by atoms with Crippen molar-refractivity contribution >= 4 is 44.8 Å². The zero-order chi connectivity index (χ0) is 21.7. The van der Waals surface area contributed by atoms with Gasteiger partial charge in [-0.2, -0.15) is 5.10 Å². The minimum Gasteiger partial charge on any atom is -0.342 e. The van der Waals surface area contributed by atoms with Gasteiger partial charge in [-0.05, 0) is 30.3 Å². The molecule has 0 radical (unpaired) electrons. The Labute approximate surface area is 180 Å². The molecule has 1 saturated heterocycles. The van der Waals surface area contributed by atoms with Crippen molar-refractivity contribution in [3.8, 4) is 0 Å². The summed E-state index contributed by atoms with van der Waals surface area (Å²) in [6.45, 7) is 2.64. The van der Waals surface area contributed by atoms with Gasteiger partial charge in [0.1, 0.15) is 0 Å². The fourth-order valence-corrected chi connectivity index (χ4v) is 4.30. The molecule has 30 heavy (non-hydrogen) atoms. The fraction of sp³-hybridized carbons (Fsp3) is 0.250. The Morgan fingerprint density at radius 1 is 1.07 bits per heavy atom. The molecule has 0 bridgehead atoms. The monoisotopic (exact) mass is 448 g/mol. The van der Waals surface area contributed by atoms with E-state index < -0.39 is 15.9 Å². The third-order valence-corrected chi connectivity index (χ3v) is 6.32. The summed E-state index contributed by atoms with van der Waals surface area (Å²) in [7, 11) is -3.93. The molecule has 2 aromatic carbocycles. The van der Waals surface area contributed by atoms with Gasteiger partial charge in [-0.15, -0.1) is 0 Å². The predicted octanol–water partition coefficient (Wildman–Crippen LogP) is 2.87. The number of rotatable bonds is 5. The number of carbonyl (C=O) groups is 2. The van der Waals surface area contributed by atoms with Crippen LogP contribution in [0, 0.1) is 0 Å². The molecule has 0 aliphatic carbocycles. The first-order valence-corrected chi connectivity index (χ1v) is 11.1. The highest BCUT2D eigenvalue weighted by Crippen LogP contribution is 2.24. The van der Waals surface area contributed by atoms with E-state index in [1.54, 1.807) is 29.2 Å². The molecule has 158 valence electrons. The van der Waals surface area contributed by atoms with E-state index in [4.69, 9.17) is 11.6 Å². The normalized spacial score (nSPS) is 14.2. The lowest BCUT2D eigenvalue weighted by Crippen LogP contribution is -2.37. The molecule has 3 rings (SSSR count). The molecule has 8 nitrogen and oxygen atoms in total. The topological polar surface area (TPSA) is 108 Å². The SMILES string of the molecule is CC(=O)N1CCC(=NNC(=O)c2cccc(S(=O)(=O)Nc3ccccc3Cl)c2)CC1. The largest absolute Gasteiger partial charge is 0.342 e. The van der Waals surface area contributed by atoms with Gasteiger partial charge in [-0.25, -0.2) is 13.8 Å². The van der Waals surface area contributed by atoms with Crippen LogP contribution in [0.1, 0.15) is 30.1 Å². The minimum absolute atomic E-state index is 0.0153.